The first-order chi connectivity index (χ1) is 10.5. The third-order valence-corrected chi connectivity index (χ3v) is 5.21. The van der Waals surface area contributed by atoms with E-state index < -0.39 is 11.6 Å². The summed E-state index contributed by atoms with van der Waals surface area (Å²) < 4.78 is 0. The first-order valence-electron chi connectivity index (χ1n) is 8.11. The van der Waals surface area contributed by atoms with Crippen molar-refractivity contribution in [2.24, 2.45) is 11.7 Å². The number of carbonyl (C=O) groups excluding carboxylic acids is 3. The minimum atomic E-state index is -0.827. The van der Waals surface area contributed by atoms with Crippen LogP contribution in [-0.4, -0.2) is 58.9 Å². The topological polar surface area (TPSA) is 95.7 Å². The summed E-state index contributed by atoms with van der Waals surface area (Å²) in [4.78, 5) is 39.9. The number of nitrogens with zero attached hydrogens (tertiary/aromatic N) is 2. The van der Waals surface area contributed by atoms with Crippen LogP contribution in [0.15, 0.2) is 0 Å². The monoisotopic (exact) mass is 308 g/mol. The molecule has 7 nitrogen and oxygen atoms in total. The molecular weight excluding hydrogens is 284 g/mol. The Morgan fingerprint density at radius 3 is 2.68 bits per heavy atom. The van der Waals surface area contributed by atoms with E-state index in [1.54, 1.807) is 11.8 Å². The lowest BCUT2D eigenvalue weighted by Crippen LogP contribution is -2.52. The van der Waals surface area contributed by atoms with Crippen LogP contribution < -0.4 is 11.1 Å². The van der Waals surface area contributed by atoms with Crippen LogP contribution in [0.25, 0.3) is 0 Å². The number of carbonyl (C=O) groups is 3. The molecule has 3 aliphatic rings. The molecule has 1 aliphatic carbocycles. The molecule has 2 aliphatic heterocycles. The molecule has 2 heterocycles. The van der Waals surface area contributed by atoms with Gasteiger partial charge in [-0.25, -0.2) is 4.79 Å². The molecule has 1 saturated carbocycles. The highest BCUT2D eigenvalue weighted by molar-refractivity contribution is 6.09. The quantitative estimate of drug-likeness (QED) is 0.717. The predicted molar refractivity (Wildman–Crippen MR) is 79.8 cm³/mol. The van der Waals surface area contributed by atoms with E-state index in [2.05, 4.69) is 5.32 Å². The fourth-order valence-corrected chi connectivity index (χ4v) is 3.60. The summed E-state index contributed by atoms with van der Waals surface area (Å²) in [5, 5.41) is 2.77. The molecule has 0 bridgehead atoms. The fraction of sp³-hybridized carbons (Fsp3) is 0.800. The van der Waals surface area contributed by atoms with Crippen LogP contribution in [0.1, 0.15) is 39.0 Å². The number of piperidine rings is 1. The molecule has 0 radical (unpaired) electrons. The third kappa shape index (κ3) is 2.47. The number of nitrogens with one attached hydrogen (secondary N) is 1. The van der Waals surface area contributed by atoms with Crippen molar-refractivity contribution in [3.63, 3.8) is 0 Å². The molecule has 4 amide bonds. The maximum Gasteiger partial charge on any atom is 0.325 e. The molecule has 122 valence electrons. The lowest BCUT2D eigenvalue weighted by molar-refractivity contribution is -0.141. The number of nitrogens with two attached hydrogens (primary N) is 1. The van der Waals surface area contributed by atoms with E-state index in [4.69, 9.17) is 5.73 Å². The van der Waals surface area contributed by atoms with Gasteiger partial charge in [-0.15, -0.1) is 0 Å². The van der Waals surface area contributed by atoms with Gasteiger partial charge in [0.2, 0.25) is 5.91 Å². The first-order valence-corrected chi connectivity index (χ1v) is 8.11. The molecule has 0 aromatic heterocycles. The molecule has 2 atom stereocenters. The van der Waals surface area contributed by atoms with E-state index in [0.717, 1.165) is 37.0 Å². The van der Waals surface area contributed by atoms with Crippen molar-refractivity contribution in [2.75, 3.05) is 19.6 Å². The van der Waals surface area contributed by atoms with Crippen LogP contribution in [0, 0.1) is 5.92 Å². The van der Waals surface area contributed by atoms with Crippen molar-refractivity contribution in [2.45, 2.75) is 50.6 Å². The van der Waals surface area contributed by atoms with Crippen molar-refractivity contribution in [1.29, 1.82) is 0 Å². The average molecular weight is 308 g/mol. The smallest absolute Gasteiger partial charge is 0.325 e. The molecule has 3 N–H and O–H groups in total. The zero-order valence-corrected chi connectivity index (χ0v) is 13.0. The summed E-state index contributed by atoms with van der Waals surface area (Å²) in [7, 11) is 0. The second-order valence-electron chi connectivity index (χ2n) is 6.77. The van der Waals surface area contributed by atoms with Gasteiger partial charge in [0.25, 0.3) is 5.91 Å². The van der Waals surface area contributed by atoms with Crippen molar-refractivity contribution < 1.29 is 14.4 Å². The standard InChI is InChI=1S/C15H24N4O3/c1-15(10-5-6-10)13(21)19(14(22)17-15)9-12(20)18-7-3-2-4-11(18)8-16/h10-11H,2-9,16H2,1H3,(H,17,22). The lowest BCUT2D eigenvalue weighted by Gasteiger charge is -2.35. The van der Waals surface area contributed by atoms with E-state index in [1.807, 2.05) is 0 Å². The SMILES string of the molecule is CC1(C2CC2)NC(=O)N(CC(=O)N2CCCCC2CN)C1=O. The number of hydrogen-bond donors (Lipinski definition) is 2. The van der Waals surface area contributed by atoms with Crippen LogP contribution in [0.2, 0.25) is 0 Å². The Bertz CT molecular complexity index is 505. The summed E-state index contributed by atoms with van der Waals surface area (Å²) in [5.74, 6) is -0.246. The number of amides is 4. The maximum absolute atomic E-state index is 12.5. The Morgan fingerprint density at radius 2 is 2.05 bits per heavy atom. The first kappa shape index (κ1) is 15.3. The zero-order valence-electron chi connectivity index (χ0n) is 13.0. The molecule has 2 unspecified atom stereocenters. The van der Waals surface area contributed by atoms with Crippen molar-refractivity contribution in [3.8, 4) is 0 Å². The second kappa shape index (κ2) is 5.53. The molecular formula is C15H24N4O3. The Balaban J connectivity index is 1.68. The minimum absolute atomic E-state index is 0.0248. The van der Waals surface area contributed by atoms with E-state index in [1.165, 1.54) is 0 Å². The fourth-order valence-electron chi connectivity index (χ4n) is 3.60. The van der Waals surface area contributed by atoms with Crippen LogP contribution in [0.4, 0.5) is 4.79 Å². The summed E-state index contributed by atoms with van der Waals surface area (Å²) in [6, 6.07) is -0.425. The van der Waals surface area contributed by atoms with Crippen molar-refractivity contribution >= 4 is 17.8 Å². The number of likely N-dealkylation sites (tertiary alicyclic amines) is 1. The number of rotatable bonds is 4. The second-order valence-corrected chi connectivity index (χ2v) is 6.77. The van der Waals surface area contributed by atoms with Gasteiger partial charge in [0.05, 0.1) is 0 Å². The highest BCUT2D eigenvalue weighted by Crippen LogP contribution is 2.42. The van der Waals surface area contributed by atoms with E-state index in [0.29, 0.717) is 13.1 Å². The van der Waals surface area contributed by atoms with Gasteiger partial charge < -0.3 is 16.0 Å². The van der Waals surface area contributed by atoms with Gasteiger partial charge in [0, 0.05) is 19.1 Å². The predicted octanol–water partition coefficient (Wildman–Crippen LogP) is 0.0467. The van der Waals surface area contributed by atoms with Crippen LogP contribution in [0.5, 0.6) is 0 Å². The normalized spacial score (nSPS) is 32.4. The van der Waals surface area contributed by atoms with E-state index >= 15 is 0 Å². The molecule has 3 fully saturated rings. The molecule has 22 heavy (non-hydrogen) atoms. The number of urea groups is 1. The van der Waals surface area contributed by atoms with Gasteiger partial charge in [-0.05, 0) is 44.9 Å². The third-order valence-electron chi connectivity index (χ3n) is 5.21. The summed E-state index contributed by atoms with van der Waals surface area (Å²) >= 11 is 0. The number of hydrogen-bond acceptors (Lipinski definition) is 4. The largest absolute Gasteiger partial charge is 0.337 e. The molecule has 0 aromatic carbocycles. The Hall–Kier alpha value is -1.63. The molecule has 7 heteroatoms. The van der Waals surface area contributed by atoms with Gasteiger partial charge in [-0.3, -0.25) is 14.5 Å². The Morgan fingerprint density at radius 1 is 1.32 bits per heavy atom. The Kier molecular flexibility index (Phi) is 3.84. The minimum Gasteiger partial charge on any atom is -0.337 e. The van der Waals surface area contributed by atoms with Gasteiger partial charge in [0.1, 0.15) is 12.1 Å². The van der Waals surface area contributed by atoms with Crippen LogP contribution in [-0.2, 0) is 9.59 Å². The molecule has 0 spiro atoms. The van der Waals surface area contributed by atoms with Gasteiger partial charge in [-0.2, -0.15) is 0 Å². The molecule has 3 rings (SSSR count). The van der Waals surface area contributed by atoms with Crippen molar-refractivity contribution in [3.05, 3.63) is 0 Å². The zero-order chi connectivity index (χ0) is 15.9. The van der Waals surface area contributed by atoms with Crippen molar-refractivity contribution in [1.82, 2.24) is 15.1 Å². The summed E-state index contributed by atoms with van der Waals surface area (Å²) in [5.41, 5.74) is 4.90. The van der Waals surface area contributed by atoms with E-state index in [-0.39, 0.29) is 30.3 Å². The van der Waals surface area contributed by atoms with Gasteiger partial charge >= 0.3 is 6.03 Å². The maximum atomic E-state index is 12.5. The molecule has 2 saturated heterocycles. The van der Waals surface area contributed by atoms with Gasteiger partial charge in [0.15, 0.2) is 0 Å². The summed E-state index contributed by atoms with van der Waals surface area (Å²) in [6.07, 6.45) is 4.80. The van der Waals surface area contributed by atoms with Crippen LogP contribution >= 0.6 is 0 Å². The summed E-state index contributed by atoms with van der Waals surface area (Å²) in [6.45, 7) is 2.67. The lowest BCUT2D eigenvalue weighted by atomic mass is 9.96. The average Bonchev–Trinajstić information content (AvgIpc) is 3.33. The molecule has 0 aromatic rings. The highest BCUT2D eigenvalue weighted by Gasteiger charge is 2.56. The van der Waals surface area contributed by atoms with Gasteiger partial charge in [-0.1, -0.05) is 0 Å². The van der Waals surface area contributed by atoms with Crippen LogP contribution in [0.3, 0.4) is 0 Å². The Labute approximate surface area is 130 Å². The van der Waals surface area contributed by atoms with E-state index in [9.17, 15) is 14.4 Å². The number of imide groups is 1. The highest BCUT2D eigenvalue weighted by atomic mass is 16.2.